The van der Waals surface area contributed by atoms with Gasteiger partial charge in [0.25, 0.3) is 11.8 Å². The van der Waals surface area contributed by atoms with Crippen molar-refractivity contribution in [1.82, 2.24) is 20.1 Å². The third kappa shape index (κ3) is 3.99. The Morgan fingerprint density at radius 1 is 1.07 bits per heavy atom. The number of aromatic nitrogens is 3. The molecule has 0 aliphatic heterocycles. The van der Waals surface area contributed by atoms with Crippen LogP contribution in [0.5, 0.6) is 0 Å². The minimum atomic E-state index is -0.302. The molecule has 0 saturated heterocycles. The number of thiazole rings is 1. The van der Waals surface area contributed by atoms with Crippen molar-refractivity contribution in [3.05, 3.63) is 83.1 Å². The van der Waals surface area contributed by atoms with E-state index in [0.717, 1.165) is 16.8 Å². The summed E-state index contributed by atoms with van der Waals surface area (Å²) in [6.45, 7) is 1.84. The number of amides is 2. The summed E-state index contributed by atoms with van der Waals surface area (Å²) in [4.78, 5) is 28.8. The van der Waals surface area contributed by atoms with Crippen molar-refractivity contribution in [1.29, 1.82) is 0 Å². The number of carbonyl (C=O) groups excluding carboxylic acids is 2. The maximum absolute atomic E-state index is 12.6. The minimum Gasteiger partial charge on any atom is -0.355 e. The van der Waals surface area contributed by atoms with E-state index in [1.54, 1.807) is 41.5 Å². The summed E-state index contributed by atoms with van der Waals surface area (Å²) in [5, 5.41) is 12.3. The van der Waals surface area contributed by atoms with Crippen LogP contribution in [0.4, 0.5) is 5.69 Å². The molecule has 0 fully saturated rings. The Morgan fingerprint density at radius 3 is 2.60 bits per heavy atom. The normalized spacial score (nSPS) is 10.6. The van der Waals surface area contributed by atoms with Gasteiger partial charge in [0.1, 0.15) is 10.7 Å². The molecule has 0 atom stereocenters. The van der Waals surface area contributed by atoms with Gasteiger partial charge in [-0.2, -0.15) is 5.10 Å². The Hall–Kier alpha value is -3.78. The number of benzene rings is 2. The van der Waals surface area contributed by atoms with Gasteiger partial charge < -0.3 is 10.6 Å². The molecule has 0 aliphatic rings. The standard InChI is InChI=1S/C22H19N5O2S/c1-14-10-15(20(28)23-2)8-9-18(14)25-21(29)19-13-30-22(26-19)16-11-24-27(12-16)17-6-4-3-5-7-17/h3-13H,1-2H3,(H,23,28)(H,25,29). The molecule has 150 valence electrons. The highest BCUT2D eigenvalue weighted by molar-refractivity contribution is 7.13. The van der Waals surface area contributed by atoms with Gasteiger partial charge in [-0.25, -0.2) is 9.67 Å². The average molecular weight is 417 g/mol. The SMILES string of the molecule is CNC(=O)c1ccc(NC(=O)c2csc(-c3cnn(-c4ccccc4)c3)n2)c(C)c1. The van der Waals surface area contributed by atoms with E-state index in [1.807, 2.05) is 43.5 Å². The zero-order chi connectivity index (χ0) is 21.1. The number of rotatable bonds is 5. The van der Waals surface area contributed by atoms with Crippen molar-refractivity contribution >= 4 is 28.8 Å². The third-order valence-electron chi connectivity index (χ3n) is 4.55. The van der Waals surface area contributed by atoms with Crippen molar-refractivity contribution in [2.75, 3.05) is 12.4 Å². The molecule has 2 heterocycles. The quantitative estimate of drug-likeness (QED) is 0.515. The summed E-state index contributed by atoms with van der Waals surface area (Å²) in [6.07, 6.45) is 3.62. The number of anilines is 1. The van der Waals surface area contributed by atoms with Gasteiger partial charge in [-0.05, 0) is 42.8 Å². The van der Waals surface area contributed by atoms with Gasteiger partial charge >= 0.3 is 0 Å². The molecule has 7 nitrogen and oxygen atoms in total. The summed E-state index contributed by atoms with van der Waals surface area (Å²) < 4.78 is 1.77. The second-order valence-electron chi connectivity index (χ2n) is 6.61. The second-order valence-corrected chi connectivity index (χ2v) is 7.47. The summed E-state index contributed by atoms with van der Waals surface area (Å²) in [7, 11) is 1.58. The lowest BCUT2D eigenvalue weighted by molar-refractivity contribution is 0.0962. The third-order valence-corrected chi connectivity index (χ3v) is 5.44. The molecule has 0 spiro atoms. The molecule has 0 aliphatic carbocycles. The molecule has 4 aromatic rings. The van der Waals surface area contributed by atoms with Crippen LogP contribution in [0.25, 0.3) is 16.3 Å². The van der Waals surface area contributed by atoms with Crippen molar-refractivity contribution < 1.29 is 9.59 Å². The Balaban J connectivity index is 1.50. The molecule has 2 N–H and O–H groups in total. The minimum absolute atomic E-state index is 0.170. The molecule has 0 unspecified atom stereocenters. The maximum Gasteiger partial charge on any atom is 0.275 e. The molecule has 0 saturated carbocycles. The Labute approximate surface area is 177 Å². The van der Waals surface area contributed by atoms with E-state index in [-0.39, 0.29) is 11.8 Å². The molecule has 8 heteroatoms. The largest absolute Gasteiger partial charge is 0.355 e. The lowest BCUT2D eigenvalue weighted by atomic mass is 10.1. The van der Waals surface area contributed by atoms with E-state index in [0.29, 0.717) is 22.0 Å². The van der Waals surface area contributed by atoms with Crippen LogP contribution in [0.15, 0.2) is 66.3 Å². The molecule has 0 bridgehead atoms. The number of hydrogen-bond donors (Lipinski definition) is 2. The number of hydrogen-bond acceptors (Lipinski definition) is 5. The molecule has 2 aromatic carbocycles. The molecule has 4 rings (SSSR count). The van der Waals surface area contributed by atoms with Crippen molar-refractivity contribution in [3.8, 4) is 16.3 Å². The molecule has 2 amide bonds. The average Bonchev–Trinajstić information content (AvgIpc) is 3.45. The first-order valence-corrected chi connectivity index (χ1v) is 10.1. The summed E-state index contributed by atoms with van der Waals surface area (Å²) in [5.74, 6) is -0.472. The van der Waals surface area contributed by atoms with Gasteiger partial charge in [0, 0.05) is 35.4 Å². The fourth-order valence-electron chi connectivity index (χ4n) is 2.94. The van der Waals surface area contributed by atoms with E-state index in [1.165, 1.54) is 11.3 Å². The fourth-order valence-corrected chi connectivity index (χ4v) is 3.72. The predicted octanol–water partition coefficient (Wildman–Crippen LogP) is 3.92. The topological polar surface area (TPSA) is 88.9 Å². The molecular formula is C22H19N5O2S. The van der Waals surface area contributed by atoms with E-state index >= 15 is 0 Å². The van der Waals surface area contributed by atoms with Gasteiger partial charge in [-0.15, -0.1) is 11.3 Å². The van der Waals surface area contributed by atoms with E-state index in [9.17, 15) is 9.59 Å². The number of nitrogens with zero attached hydrogens (tertiary/aromatic N) is 3. The van der Waals surface area contributed by atoms with Gasteiger partial charge in [0.2, 0.25) is 0 Å². The zero-order valence-corrected chi connectivity index (χ0v) is 17.2. The fraction of sp³-hybridized carbons (Fsp3) is 0.0909. The van der Waals surface area contributed by atoms with E-state index in [4.69, 9.17) is 0 Å². The van der Waals surface area contributed by atoms with Crippen LogP contribution in [0.1, 0.15) is 26.4 Å². The second kappa shape index (κ2) is 8.30. The van der Waals surface area contributed by atoms with Gasteiger partial charge in [0.05, 0.1) is 11.9 Å². The maximum atomic E-state index is 12.6. The molecular weight excluding hydrogens is 398 g/mol. The number of aryl methyl sites for hydroxylation is 1. The Morgan fingerprint density at radius 2 is 1.87 bits per heavy atom. The van der Waals surface area contributed by atoms with Crippen LogP contribution >= 0.6 is 11.3 Å². The lowest BCUT2D eigenvalue weighted by Gasteiger charge is -2.09. The highest BCUT2D eigenvalue weighted by Crippen LogP contribution is 2.25. The summed E-state index contributed by atoms with van der Waals surface area (Å²) in [6, 6.07) is 14.9. The van der Waals surface area contributed by atoms with Crippen molar-refractivity contribution in [2.45, 2.75) is 6.92 Å². The van der Waals surface area contributed by atoms with Gasteiger partial charge in [-0.3, -0.25) is 9.59 Å². The van der Waals surface area contributed by atoms with Crippen LogP contribution in [0.2, 0.25) is 0 Å². The Bertz CT molecular complexity index is 1210. The van der Waals surface area contributed by atoms with Gasteiger partial charge in [-0.1, -0.05) is 18.2 Å². The molecule has 2 aromatic heterocycles. The number of carbonyl (C=O) groups is 2. The first kappa shape index (κ1) is 19.5. The van der Waals surface area contributed by atoms with Gasteiger partial charge in [0.15, 0.2) is 0 Å². The monoisotopic (exact) mass is 417 g/mol. The molecule has 0 radical (unpaired) electrons. The summed E-state index contributed by atoms with van der Waals surface area (Å²) >= 11 is 1.39. The zero-order valence-electron chi connectivity index (χ0n) is 16.4. The highest BCUT2D eigenvalue weighted by Gasteiger charge is 2.15. The van der Waals surface area contributed by atoms with Crippen LogP contribution in [0.3, 0.4) is 0 Å². The number of para-hydroxylation sites is 1. The smallest absolute Gasteiger partial charge is 0.275 e. The highest BCUT2D eigenvalue weighted by atomic mass is 32.1. The van der Waals surface area contributed by atoms with Crippen molar-refractivity contribution in [3.63, 3.8) is 0 Å². The first-order valence-electron chi connectivity index (χ1n) is 9.25. The van der Waals surface area contributed by atoms with Crippen molar-refractivity contribution in [2.24, 2.45) is 0 Å². The lowest BCUT2D eigenvalue weighted by Crippen LogP contribution is -2.18. The van der Waals surface area contributed by atoms with E-state index in [2.05, 4.69) is 20.7 Å². The number of nitrogens with one attached hydrogen (secondary N) is 2. The summed E-state index contributed by atoms with van der Waals surface area (Å²) in [5.41, 5.74) is 4.10. The van der Waals surface area contributed by atoms with Crippen LogP contribution in [0, 0.1) is 6.92 Å². The Kier molecular flexibility index (Phi) is 5.40. The first-order chi connectivity index (χ1) is 14.5. The van der Waals surface area contributed by atoms with Crippen LogP contribution in [-0.2, 0) is 0 Å². The van der Waals surface area contributed by atoms with Crippen LogP contribution < -0.4 is 10.6 Å². The molecule has 30 heavy (non-hydrogen) atoms. The predicted molar refractivity (Wildman–Crippen MR) is 117 cm³/mol. The van der Waals surface area contributed by atoms with Crippen LogP contribution in [-0.4, -0.2) is 33.6 Å². The van der Waals surface area contributed by atoms with E-state index < -0.39 is 0 Å².